The first kappa shape index (κ1) is 12.7. The molecule has 6 heteroatoms. The summed E-state index contributed by atoms with van der Waals surface area (Å²) in [5.41, 5.74) is 7.92. The number of para-hydroxylation sites is 1. The molecule has 0 fully saturated rings. The number of aromatic amines is 1. The molecule has 5 nitrogen and oxygen atoms in total. The second-order valence-corrected chi connectivity index (χ2v) is 5.25. The van der Waals surface area contributed by atoms with Crippen LogP contribution in [0.1, 0.15) is 10.5 Å². The third kappa shape index (κ3) is 2.37. The molecule has 0 bridgehead atoms. The number of nitrogen functional groups attached to an aromatic ring is 1. The molecule has 0 spiro atoms. The summed E-state index contributed by atoms with van der Waals surface area (Å²) >= 11 is 3.38. The Bertz CT molecular complexity index is 797. The number of amides is 1. The molecule has 3 aromatic rings. The Balaban J connectivity index is 1.97. The average molecular weight is 331 g/mol. The van der Waals surface area contributed by atoms with Crippen molar-refractivity contribution in [3.63, 3.8) is 0 Å². The Morgan fingerprint density at radius 2 is 2.20 bits per heavy atom. The van der Waals surface area contributed by atoms with Crippen molar-refractivity contribution in [2.24, 2.45) is 0 Å². The summed E-state index contributed by atoms with van der Waals surface area (Å²) in [6.45, 7) is 0. The van der Waals surface area contributed by atoms with E-state index in [4.69, 9.17) is 5.73 Å². The van der Waals surface area contributed by atoms with E-state index < -0.39 is 0 Å². The van der Waals surface area contributed by atoms with E-state index in [9.17, 15) is 4.79 Å². The van der Waals surface area contributed by atoms with E-state index in [0.717, 1.165) is 15.4 Å². The first-order chi connectivity index (χ1) is 9.63. The Hall–Kier alpha value is -2.34. The number of benzene rings is 1. The highest BCUT2D eigenvalue weighted by atomic mass is 79.9. The Morgan fingerprint density at radius 3 is 2.95 bits per heavy atom. The lowest BCUT2D eigenvalue weighted by molar-refractivity contribution is 0.102. The Morgan fingerprint density at radius 1 is 1.35 bits per heavy atom. The zero-order chi connectivity index (χ0) is 14.1. The van der Waals surface area contributed by atoms with Gasteiger partial charge < -0.3 is 16.0 Å². The molecule has 1 amide bonds. The fraction of sp³-hybridized carbons (Fsp3) is 0. The van der Waals surface area contributed by atoms with Crippen LogP contribution in [-0.4, -0.2) is 15.9 Å². The van der Waals surface area contributed by atoms with E-state index in [1.807, 2.05) is 24.3 Å². The van der Waals surface area contributed by atoms with Crippen LogP contribution in [0.4, 0.5) is 11.4 Å². The molecule has 1 aromatic carbocycles. The van der Waals surface area contributed by atoms with Crippen LogP contribution in [0.2, 0.25) is 0 Å². The fourth-order valence-electron chi connectivity index (χ4n) is 1.97. The molecule has 0 aliphatic heterocycles. The molecule has 0 aliphatic rings. The molecule has 0 saturated carbocycles. The number of hydrogen-bond donors (Lipinski definition) is 3. The highest BCUT2D eigenvalue weighted by Crippen LogP contribution is 2.24. The van der Waals surface area contributed by atoms with Crippen molar-refractivity contribution in [1.82, 2.24) is 9.97 Å². The first-order valence-corrected chi connectivity index (χ1v) is 6.72. The van der Waals surface area contributed by atoms with Crippen LogP contribution in [0.3, 0.4) is 0 Å². The van der Waals surface area contributed by atoms with E-state index in [1.165, 1.54) is 0 Å². The molecule has 0 unspecified atom stereocenters. The summed E-state index contributed by atoms with van der Waals surface area (Å²) in [6.07, 6.45) is 3.28. The van der Waals surface area contributed by atoms with E-state index in [-0.39, 0.29) is 5.91 Å². The van der Waals surface area contributed by atoms with Gasteiger partial charge in [0.1, 0.15) is 5.69 Å². The molecule has 2 aromatic heterocycles. The van der Waals surface area contributed by atoms with Gasteiger partial charge in [0, 0.05) is 27.9 Å². The lowest BCUT2D eigenvalue weighted by atomic mass is 10.2. The van der Waals surface area contributed by atoms with Gasteiger partial charge in [0.15, 0.2) is 0 Å². The second kappa shape index (κ2) is 4.97. The molecule has 100 valence electrons. The van der Waals surface area contributed by atoms with Crippen LogP contribution in [-0.2, 0) is 0 Å². The summed E-state index contributed by atoms with van der Waals surface area (Å²) in [5.74, 6) is -0.251. The van der Waals surface area contributed by atoms with Crippen LogP contribution in [0.25, 0.3) is 10.9 Å². The van der Waals surface area contributed by atoms with Crippen molar-refractivity contribution >= 4 is 44.1 Å². The topological polar surface area (TPSA) is 83.8 Å². The minimum absolute atomic E-state index is 0.251. The summed E-state index contributed by atoms with van der Waals surface area (Å²) in [4.78, 5) is 19.3. The van der Waals surface area contributed by atoms with Crippen molar-refractivity contribution in [2.75, 3.05) is 11.1 Å². The molecular formula is C14H11BrN4O. The zero-order valence-electron chi connectivity index (χ0n) is 10.4. The van der Waals surface area contributed by atoms with Gasteiger partial charge in [-0.15, -0.1) is 0 Å². The predicted octanol–water partition coefficient (Wildman–Crippen LogP) is 3.16. The molecule has 0 radical (unpaired) electrons. The number of rotatable bonds is 2. The fourth-order valence-corrected chi connectivity index (χ4v) is 2.32. The number of fused-ring (bicyclic) bond motifs is 1. The summed E-state index contributed by atoms with van der Waals surface area (Å²) < 4.78 is 0.894. The van der Waals surface area contributed by atoms with Gasteiger partial charge in [-0.05, 0) is 34.1 Å². The van der Waals surface area contributed by atoms with Gasteiger partial charge in [0.05, 0.1) is 11.2 Å². The van der Waals surface area contributed by atoms with Gasteiger partial charge in [0.25, 0.3) is 5.91 Å². The third-order valence-electron chi connectivity index (χ3n) is 2.88. The van der Waals surface area contributed by atoms with Gasteiger partial charge in [-0.2, -0.15) is 0 Å². The van der Waals surface area contributed by atoms with Gasteiger partial charge in [-0.1, -0.05) is 12.1 Å². The number of pyridine rings is 1. The largest absolute Gasteiger partial charge is 0.397 e. The number of H-pyrrole nitrogens is 1. The number of nitrogens with zero attached hydrogens (tertiary/aromatic N) is 1. The Kier molecular flexibility index (Phi) is 3.15. The molecule has 0 saturated heterocycles. The number of anilines is 2. The van der Waals surface area contributed by atoms with Crippen LogP contribution >= 0.6 is 15.9 Å². The number of carbonyl (C=O) groups excluding carboxylic acids is 1. The summed E-state index contributed by atoms with van der Waals surface area (Å²) in [7, 11) is 0. The lowest BCUT2D eigenvalue weighted by Gasteiger charge is -2.07. The predicted molar refractivity (Wildman–Crippen MR) is 82.6 cm³/mol. The molecule has 4 N–H and O–H groups in total. The summed E-state index contributed by atoms with van der Waals surface area (Å²) in [5, 5.41) is 3.78. The maximum absolute atomic E-state index is 12.1. The minimum atomic E-state index is -0.251. The van der Waals surface area contributed by atoms with Crippen molar-refractivity contribution in [2.45, 2.75) is 0 Å². The van der Waals surface area contributed by atoms with Crippen LogP contribution < -0.4 is 11.1 Å². The molecular weight excluding hydrogens is 320 g/mol. The SMILES string of the molecule is Nc1c[nH]c(C(=O)Nc2cccc3cc(Br)cnc23)c1. The van der Waals surface area contributed by atoms with E-state index in [0.29, 0.717) is 17.1 Å². The van der Waals surface area contributed by atoms with Gasteiger partial charge >= 0.3 is 0 Å². The summed E-state index contributed by atoms with van der Waals surface area (Å²) in [6, 6.07) is 9.16. The van der Waals surface area contributed by atoms with Gasteiger partial charge in [-0.3, -0.25) is 9.78 Å². The van der Waals surface area contributed by atoms with Crippen molar-refractivity contribution in [1.29, 1.82) is 0 Å². The van der Waals surface area contributed by atoms with Crippen molar-refractivity contribution in [3.05, 3.63) is 52.9 Å². The third-order valence-corrected chi connectivity index (χ3v) is 3.31. The number of carbonyl (C=O) groups is 1. The first-order valence-electron chi connectivity index (χ1n) is 5.93. The van der Waals surface area contributed by atoms with Crippen LogP contribution in [0.5, 0.6) is 0 Å². The molecule has 20 heavy (non-hydrogen) atoms. The maximum atomic E-state index is 12.1. The molecule has 0 atom stereocenters. The van der Waals surface area contributed by atoms with E-state index in [1.54, 1.807) is 18.5 Å². The lowest BCUT2D eigenvalue weighted by Crippen LogP contribution is -2.12. The second-order valence-electron chi connectivity index (χ2n) is 4.33. The van der Waals surface area contributed by atoms with Crippen LogP contribution in [0.15, 0.2) is 47.2 Å². The van der Waals surface area contributed by atoms with Crippen molar-refractivity contribution < 1.29 is 4.79 Å². The number of nitrogens with one attached hydrogen (secondary N) is 2. The number of hydrogen-bond acceptors (Lipinski definition) is 3. The highest BCUT2D eigenvalue weighted by Gasteiger charge is 2.10. The monoisotopic (exact) mass is 330 g/mol. The number of halogens is 1. The minimum Gasteiger partial charge on any atom is -0.397 e. The molecule has 0 aliphatic carbocycles. The quantitative estimate of drug-likeness (QED) is 0.674. The van der Waals surface area contributed by atoms with E-state index in [2.05, 4.69) is 31.2 Å². The normalized spacial score (nSPS) is 10.7. The number of aromatic nitrogens is 2. The molecule has 3 rings (SSSR count). The maximum Gasteiger partial charge on any atom is 0.272 e. The Labute approximate surface area is 123 Å². The van der Waals surface area contributed by atoms with Gasteiger partial charge in [0.2, 0.25) is 0 Å². The van der Waals surface area contributed by atoms with Crippen LogP contribution in [0, 0.1) is 0 Å². The van der Waals surface area contributed by atoms with E-state index >= 15 is 0 Å². The highest BCUT2D eigenvalue weighted by molar-refractivity contribution is 9.10. The average Bonchev–Trinajstić information content (AvgIpc) is 2.85. The standard InChI is InChI=1S/C14H11BrN4O/c15-9-4-8-2-1-3-11(13(8)18-6-9)19-14(20)12-5-10(16)7-17-12/h1-7,17H,16H2,(H,19,20). The van der Waals surface area contributed by atoms with Crippen molar-refractivity contribution in [3.8, 4) is 0 Å². The number of nitrogens with two attached hydrogens (primary N) is 1. The zero-order valence-corrected chi connectivity index (χ0v) is 11.9. The van der Waals surface area contributed by atoms with Gasteiger partial charge in [-0.25, -0.2) is 0 Å². The smallest absolute Gasteiger partial charge is 0.272 e. The molecule has 2 heterocycles.